The van der Waals surface area contributed by atoms with Gasteiger partial charge in [-0.3, -0.25) is 4.79 Å². The summed E-state index contributed by atoms with van der Waals surface area (Å²) in [6.45, 7) is 3.57. The SMILES string of the molecule is CCOC(=O)C(=O)Nc1cc(C)nn1-c1nc(-c2ccccc2)cs1. The van der Waals surface area contributed by atoms with Crippen molar-refractivity contribution in [2.75, 3.05) is 11.9 Å². The number of hydrogen-bond acceptors (Lipinski definition) is 6. The number of aromatic nitrogens is 3. The minimum atomic E-state index is -0.933. The third kappa shape index (κ3) is 3.74. The van der Waals surface area contributed by atoms with E-state index in [0.29, 0.717) is 16.6 Å². The molecule has 0 bridgehead atoms. The van der Waals surface area contributed by atoms with Crippen molar-refractivity contribution in [1.29, 1.82) is 0 Å². The molecule has 1 amide bonds. The Hall–Kier alpha value is -3.00. The maximum absolute atomic E-state index is 11.9. The molecule has 1 aromatic carbocycles. The average molecular weight is 356 g/mol. The van der Waals surface area contributed by atoms with Gasteiger partial charge in [0.05, 0.1) is 18.0 Å². The van der Waals surface area contributed by atoms with Crippen LogP contribution in [0.2, 0.25) is 0 Å². The van der Waals surface area contributed by atoms with Crippen molar-refractivity contribution in [3.63, 3.8) is 0 Å². The molecule has 8 heteroatoms. The second kappa shape index (κ2) is 7.27. The van der Waals surface area contributed by atoms with Crippen LogP contribution >= 0.6 is 11.3 Å². The second-order valence-electron chi connectivity index (χ2n) is 5.14. The first-order valence-corrected chi connectivity index (χ1v) is 8.52. The fourth-order valence-electron chi connectivity index (χ4n) is 2.20. The molecule has 3 rings (SSSR count). The summed E-state index contributed by atoms with van der Waals surface area (Å²) in [6, 6.07) is 11.4. The van der Waals surface area contributed by atoms with Crippen LogP contribution < -0.4 is 5.32 Å². The molecule has 0 saturated carbocycles. The first-order chi connectivity index (χ1) is 12.1. The van der Waals surface area contributed by atoms with Gasteiger partial charge in [0.25, 0.3) is 0 Å². The molecule has 128 valence electrons. The number of benzene rings is 1. The topological polar surface area (TPSA) is 86.1 Å². The lowest BCUT2D eigenvalue weighted by molar-refractivity contribution is -0.152. The highest BCUT2D eigenvalue weighted by atomic mass is 32.1. The minimum absolute atomic E-state index is 0.136. The monoisotopic (exact) mass is 356 g/mol. The summed E-state index contributed by atoms with van der Waals surface area (Å²) in [5.41, 5.74) is 2.50. The zero-order valence-corrected chi connectivity index (χ0v) is 14.5. The van der Waals surface area contributed by atoms with E-state index in [1.54, 1.807) is 19.9 Å². The molecular weight excluding hydrogens is 340 g/mol. The quantitative estimate of drug-likeness (QED) is 0.574. The van der Waals surface area contributed by atoms with Gasteiger partial charge in [-0.1, -0.05) is 30.3 Å². The standard InChI is InChI=1S/C17H16N4O3S/c1-3-24-16(23)15(22)19-14-9-11(2)20-21(14)17-18-13(10-25-17)12-7-5-4-6-8-12/h4-10H,3H2,1-2H3,(H,19,22). The molecule has 2 aromatic heterocycles. The molecule has 0 unspecified atom stereocenters. The number of carbonyl (C=O) groups excluding carboxylic acids is 2. The van der Waals surface area contributed by atoms with Crippen LogP contribution in [0.15, 0.2) is 41.8 Å². The van der Waals surface area contributed by atoms with Crippen LogP contribution in [0.3, 0.4) is 0 Å². The molecular formula is C17H16N4O3S. The third-order valence-electron chi connectivity index (χ3n) is 3.28. The maximum Gasteiger partial charge on any atom is 0.397 e. The summed E-state index contributed by atoms with van der Waals surface area (Å²) in [5.74, 6) is -1.41. The summed E-state index contributed by atoms with van der Waals surface area (Å²) in [5, 5.41) is 9.37. The van der Waals surface area contributed by atoms with Crippen molar-refractivity contribution < 1.29 is 14.3 Å². The Morgan fingerprint density at radius 2 is 2.04 bits per heavy atom. The van der Waals surface area contributed by atoms with Crippen LogP contribution in [0.1, 0.15) is 12.6 Å². The van der Waals surface area contributed by atoms with Gasteiger partial charge in [-0.25, -0.2) is 9.78 Å². The Balaban J connectivity index is 1.87. The second-order valence-corrected chi connectivity index (χ2v) is 5.98. The molecule has 0 saturated heterocycles. The van der Waals surface area contributed by atoms with Gasteiger partial charge < -0.3 is 10.1 Å². The van der Waals surface area contributed by atoms with E-state index in [4.69, 9.17) is 4.74 Å². The third-order valence-corrected chi connectivity index (χ3v) is 4.09. The number of aryl methyl sites for hydroxylation is 1. The fraction of sp³-hybridized carbons (Fsp3) is 0.176. The smallest absolute Gasteiger partial charge is 0.397 e. The highest BCUT2D eigenvalue weighted by molar-refractivity contribution is 7.12. The predicted molar refractivity (Wildman–Crippen MR) is 94.7 cm³/mol. The van der Waals surface area contributed by atoms with Crippen molar-refractivity contribution in [2.24, 2.45) is 0 Å². The highest BCUT2D eigenvalue weighted by Crippen LogP contribution is 2.26. The van der Waals surface area contributed by atoms with Crippen LogP contribution in [0, 0.1) is 6.92 Å². The van der Waals surface area contributed by atoms with Gasteiger partial charge in [0.2, 0.25) is 5.13 Å². The van der Waals surface area contributed by atoms with E-state index in [2.05, 4.69) is 15.4 Å². The number of anilines is 1. The number of esters is 1. The molecule has 0 atom stereocenters. The first-order valence-electron chi connectivity index (χ1n) is 7.64. The lowest BCUT2D eigenvalue weighted by Crippen LogP contribution is -2.26. The number of ether oxygens (including phenoxy) is 1. The zero-order valence-electron chi connectivity index (χ0n) is 13.7. The molecule has 0 aliphatic rings. The van der Waals surface area contributed by atoms with Crippen molar-refractivity contribution in [2.45, 2.75) is 13.8 Å². The normalized spacial score (nSPS) is 10.5. The van der Waals surface area contributed by atoms with E-state index >= 15 is 0 Å². The van der Waals surface area contributed by atoms with Gasteiger partial charge in [-0.15, -0.1) is 11.3 Å². The van der Waals surface area contributed by atoms with E-state index in [1.165, 1.54) is 16.0 Å². The van der Waals surface area contributed by atoms with Gasteiger partial charge >= 0.3 is 11.9 Å². The van der Waals surface area contributed by atoms with Crippen LogP contribution in [0.25, 0.3) is 16.4 Å². The number of nitrogens with one attached hydrogen (secondary N) is 1. The van der Waals surface area contributed by atoms with Crippen molar-refractivity contribution >= 4 is 29.0 Å². The summed E-state index contributed by atoms with van der Waals surface area (Å²) in [6.07, 6.45) is 0. The fourth-order valence-corrected chi connectivity index (χ4v) is 3.00. The molecule has 0 aliphatic heterocycles. The summed E-state index contributed by atoms with van der Waals surface area (Å²) in [7, 11) is 0. The van der Waals surface area contributed by atoms with Crippen molar-refractivity contribution in [3.8, 4) is 16.4 Å². The number of amides is 1. The number of carbonyl (C=O) groups is 2. The first kappa shape index (κ1) is 16.8. The molecule has 25 heavy (non-hydrogen) atoms. The van der Waals surface area contributed by atoms with Gasteiger partial charge in [0, 0.05) is 17.0 Å². The number of rotatable bonds is 4. The van der Waals surface area contributed by atoms with Crippen LogP contribution in [0.4, 0.5) is 5.82 Å². The summed E-state index contributed by atoms with van der Waals surface area (Å²) in [4.78, 5) is 28.0. The molecule has 0 radical (unpaired) electrons. The minimum Gasteiger partial charge on any atom is -0.459 e. The number of nitrogens with zero attached hydrogens (tertiary/aromatic N) is 3. The van der Waals surface area contributed by atoms with Crippen LogP contribution in [0.5, 0.6) is 0 Å². The molecule has 0 aliphatic carbocycles. The Labute approximate surface area is 148 Å². The lowest BCUT2D eigenvalue weighted by atomic mass is 10.2. The maximum atomic E-state index is 11.9. The highest BCUT2D eigenvalue weighted by Gasteiger charge is 2.19. The Bertz CT molecular complexity index is 902. The number of hydrogen-bond donors (Lipinski definition) is 1. The summed E-state index contributed by atoms with van der Waals surface area (Å²) < 4.78 is 6.20. The molecule has 3 aromatic rings. The van der Waals surface area contributed by atoms with E-state index in [0.717, 1.165) is 11.3 Å². The van der Waals surface area contributed by atoms with Crippen molar-refractivity contribution in [1.82, 2.24) is 14.8 Å². The van der Waals surface area contributed by atoms with E-state index in [9.17, 15) is 9.59 Å². The Morgan fingerprint density at radius 1 is 1.28 bits per heavy atom. The van der Waals surface area contributed by atoms with E-state index in [-0.39, 0.29) is 6.61 Å². The average Bonchev–Trinajstić information content (AvgIpc) is 3.22. The zero-order chi connectivity index (χ0) is 17.8. The molecule has 0 fully saturated rings. The van der Waals surface area contributed by atoms with E-state index in [1.807, 2.05) is 35.7 Å². The van der Waals surface area contributed by atoms with Crippen LogP contribution in [-0.2, 0) is 14.3 Å². The number of thiazole rings is 1. The van der Waals surface area contributed by atoms with Gasteiger partial charge in [-0.2, -0.15) is 9.78 Å². The van der Waals surface area contributed by atoms with Gasteiger partial charge in [-0.05, 0) is 13.8 Å². The van der Waals surface area contributed by atoms with Gasteiger partial charge in [0.15, 0.2) is 0 Å². The summed E-state index contributed by atoms with van der Waals surface area (Å²) >= 11 is 1.39. The molecule has 7 nitrogen and oxygen atoms in total. The van der Waals surface area contributed by atoms with Crippen LogP contribution in [-0.4, -0.2) is 33.2 Å². The molecule has 1 N–H and O–H groups in total. The molecule has 0 spiro atoms. The lowest BCUT2D eigenvalue weighted by Gasteiger charge is -2.05. The van der Waals surface area contributed by atoms with E-state index < -0.39 is 11.9 Å². The Morgan fingerprint density at radius 3 is 2.76 bits per heavy atom. The van der Waals surface area contributed by atoms with Crippen molar-refractivity contribution in [3.05, 3.63) is 47.5 Å². The largest absolute Gasteiger partial charge is 0.459 e. The molecule has 2 heterocycles. The van der Waals surface area contributed by atoms with Gasteiger partial charge in [0.1, 0.15) is 5.82 Å². The Kier molecular flexibility index (Phi) is 4.90. The predicted octanol–water partition coefficient (Wildman–Crippen LogP) is 2.81.